The van der Waals surface area contributed by atoms with Gasteiger partial charge >= 0.3 is 5.69 Å². The number of nitro groups is 1. The van der Waals surface area contributed by atoms with E-state index in [-0.39, 0.29) is 30.5 Å². The van der Waals surface area contributed by atoms with Gasteiger partial charge in [-0.25, -0.2) is 0 Å². The fraction of sp³-hybridized carbons (Fsp3) is 0.263. The average Bonchev–Trinajstić information content (AvgIpc) is 3.04. The van der Waals surface area contributed by atoms with Gasteiger partial charge in [-0.3, -0.25) is 19.7 Å². The van der Waals surface area contributed by atoms with E-state index in [1.54, 1.807) is 6.07 Å². The van der Waals surface area contributed by atoms with Crippen LogP contribution in [0.1, 0.15) is 18.9 Å². The number of nitrogens with zero attached hydrogens (tertiary/aromatic N) is 2. The van der Waals surface area contributed by atoms with Crippen molar-refractivity contribution in [2.45, 2.75) is 19.8 Å². The monoisotopic (exact) mass is 371 g/mol. The Kier molecular flexibility index (Phi) is 5.16. The molecule has 2 aromatic rings. The number of nitro benzene ring substituents is 1. The van der Waals surface area contributed by atoms with E-state index in [1.807, 2.05) is 25.1 Å². The van der Waals surface area contributed by atoms with Gasteiger partial charge < -0.3 is 10.2 Å². The molecule has 2 aromatic carbocycles. The molecule has 7 nitrogen and oxygen atoms in total. The van der Waals surface area contributed by atoms with E-state index in [1.165, 1.54) is 11.0 Å². The van der Waals surface area contributed by atoms with Crippen LogP contribution in [0, 0.1) is 21.8 Å². The molecule has 27 heavy (non-hydrogen) atoms. The van der Waals surface area contributed by atoms with Crippen LogP contribution in [0.2, 0.25) is 0 Å². The molecule has 0 aromatic heterocycles. The minimum absolute atomic E-state index is 0.00863. The first-order valence-corrected chi connectivity index (χ1v) is 8.53. The molecule has 0 spiro atoms. The number of hydrogen-bond acceptors (Lipinski definition) is 4. The third kappa shape index (κ3) is 3.79. The Morgan fingerprint density at radius 1 is 1.33 bits per heavy atom. The van der Waals surface area contributed by atoms with Crippen molar-refractivity contribution >= 4 is 28.9 Å². The smallest absolute Gasteiger partial charge is 0.306 e. The number of halogens is 1. The molecule has 1 heterocycles. The van der Waals surface area contributed by atoms with Crippen LogP contribution in [0.15, 0.2) is 42.5 Å². The molecule has 1 atom stereocenters. The zero-order valence-corrected chi connectivity index (χ0v) is 14.6. The third-order valence-electron chi connectivity index (χ3n) is 4.59. The SMILES string of the molecule is CCc1ccccc1NC(=O)C1CC(=O)N(c2ccc(F)c([N+](=O)[O-])c2)C1. The molecule has 1 fully saturated rings. The maximum atomic E-state index is 13.5. The lowest BCUT2D eigenvalue weighted by atomic mass is 10.1. The lowest BCUT2D eigenvalue weighted by Gasteiger charge is -2.17. The van der Waals surface area contributed by atoms with Crippen molar-refractivity contribution in [2.24, 2.45) is 5.92 Å². The van der Waals surface area contributed by atoms with Gasteiger partial charge in [0.1, 0.15) is 0 Å². The molecule has 1 aliphatic heterocycles. The van der Waals surface area contributed by atoms with Gasteiger partial charge in [-0.15, -0.1) is 0 Å². The topological polar surface area (TPSA) is 92.6 Å². The second-order valence-corrected chi connectivity index (χ2v) is 6.30. The molecule has 1 saturated heterocycles. The molecular weight excluding hydrogens is 353 g/mol. The second-order valence-electron chi connectivity index (χ2n) is 6.30. The number of carbonyl (C=O) groups excluding carboxylic acids is 2. The van der Waals surface area contributed by atoms with E-state index >= 15 is 0 Å². The predicted octanol–water partition coefficient (Wildman–Crippen LogP) is 3.29. The molecule has 140 valence electrons. The van der Waals surface area contributed by atoms with Crippen LogP contribution in [0.25, 0.3) is 0 Å². The highest BCUT2D eigenvalue weighted by Gasteiger charge is 2.36. The van der Waals surface area contributed by atoms with E-state index in [4.69, 9.17) is 0 Å². The molecule has 0 radical (unpaired) electrons. The summed E-state index contributed by atoms with van der Waals surface area (Å²) >= 11 is 0. The first kappa shape index (κ1) is 18.5. The lowest BCUT2D eigenvalue weighted by Crippen LogP contribution is -2.28. The van der Waals surface area contributed by atoms with Crippen LogP contribution < -0.4 is 10.2 Å². The number of anilines is 2. The van der Waals surface area contributed by atoms with E-state index in [9.17, 15) is 24.1 Å². The Balaban J connectivity index is 1.76. The van der Waals surface area contributed by atoms with Crippen molar-refractivity contribution in [2.75, 3.05) is 16.8 Å². The summed E-state index contributed by atoms with van der Waals surface area (Å²) in [5.41, 5.74) is 1.19. The molecule has 1 N–H and O–H groups in total. The van der Waals surface area contributed by atoms with Gasteiger partial charge in [0, 0.05) is 24.7 Å². The van der Waals surface area contributed by atoms with E-state index in [0.29, 0.717) is 5.69 Å². The molecule has 1 aliphatic rings. The molecule has 2 amide bonds. The van der Waals surface area contributed by atoms with Gasteiger partial charge in [0.2, 0.25) is 17.6 Å². The number of hydrogen-bond donors (Lipinski definition) is 1. The first-order chi connectivity index (χ1) is 12.9. The number of aryl methyl sites for hydroxylation is 1. The summed E-state index contributed by atoms with van der Waals surface area (Å²) in [6.45, 7) is 2.06. The summed E-state index contributed by atoms with van der Waals surface area (Å²) in [5, 5.41) is 13.8. The molecule has 8 heteroatoms. The van der Waals surface area contributed by atoms with E-state index in [0.717, 1.165) is 24.1 Å². The second kappa shape index (κ2) is 7.53. The standard InChI is InChI=1S/C19H18FN3O4/c1-2-12-5-3-4-6-16(12)21-19(25)13-9-18(24)22(11-13)14-7-8-15(20)17(10-14)23(26)27/h3-8,10,13H,2,9,11H2,1H3,(H,21,25). The Labute approximate surface area is 154 Å². The van der Waals surface area contributed by atoms with Crippen molar-refractivity contribution in [1.29, 1.82) is 0 Å². The van der Waals surface area contributed by atoms with Crippen molar-refractivity contribution in [1.82, 2.24) is 0 Å². The van der Waals surface area contributed by atoms with E-state index in [2.05, 4.69) is 5.32 Å². The average molecular weight is 371 g/mol. The van der Waals surface area contributed by atoms with Gasteiger partial charge in [0.25, 0.3) is 0 Å². The van der Waals surface area contributed by atoms with Crippen LogP contribution in [-0.4, -0.2) is 23.3 Å². The molecule has 0 bridgehead atoms. The number of amides is 2. The zero-order valence-electron chi connectivity index (χ0n) is 14.6. The Bertz CT molecular complexity index is 916. The van der Waals surface area contributed by atoms with Crippen LogP contribution in [0.3, 0.4) is 0 Å². The Morgan fingerprint density at radius 2 is 2.07 bits per heavy atom. The van der Waals surface area contributed by atoms with Crippen LogP contribution in [0.5, 0.6) is 0 Å². The highest BCUT2D eigenvalue weighted by Crippen LogP contribution is 2.30. The van der Waals surface area contributed by atoms with Gasteiger partial charge in [0.05, 0.1) is 16.5 Å². The van der Waals surface area contributed by atoms with Crippen molar-refractivity contribution in [3.05, 3.63) is 64.0 Å². The van der Waals surface area contributed by atoms with Crippen molar-refractivity contribution in [3.63, 3.8) is 0 Å². The molecular formula is C19H18FN3O4. The Morgan fingerprint density at radius 3 is 2.78 bits per heavy atom. The molecule has 0 aliphatic carbocycles. The minimum Gasteiger partial charge on any atom is -0.326 e. The van der Waals surface area contributed by atoms with Gasteiger partial charge in [-0.1, -0.05) is 25.1 Å². The quantitative estimate of drug-likeness (QED) is 0.645. The number of nitrogens with one attached hydrogen (secondary N) is 1. The highest BCUT2D eigenvalue weighted by atomic mass is 19.1. The predicted molar refractivity (Wildman–Crippen MR) is 98.0 cm³/mol. The fourth-order valence-electron chi connectivity index (χ4n) is 3.13. The molecule has 1 unspecified atom stereocenters. The van der Waals surface area contributed by atoms with Crippen molar-refractivity contribution in [3.8, 4) is 0 Å². The van der Waals surface area contributed by atoms with Gasteiger partial charge in [-0.2, -0.15) is 4.39 Å². The van der Waals surface area contributed by atoms with Gasteiger partial charge in [-0.05, 0) is 30.2 Å². The van der Waals surface area contributed by atoms with Crippen LogP contribution in [0.4, 0.5) is 21.5 Å². The first-order valence-electron chi connectivity index (χ1n) is 8.53. The minimum atomic E-state index is -0.971. The van der Waals surface area contributed by atoms with Crippen molar-refractivity contribution < 1.29 is 18.9 Å². The summed E-state index contributed by atoms with van der Waals surface area (Å²) in [6.07, 6.45) is 0.747. The zero-order chi connectivity index (χ0) is 19.6. The highest BCUT2D eigenvalue weighted by molar-refractivity contribution is 6.03. The number of carbonyl (C=O) groups is 2. The summed E-state index contributed by atoms with van der Waals surface area (Å²) in [4.78, 5) is 36.2. The number of benzene rings is 2. The largest absolute Gasteiger partial charge is 0.326 e. The lowest BCUT2D eigenvalue weighted by molar-refractivity contribution is -0.387. The molecule has 3 rings (SSSR count). The summed E-state index contributed by atoms with van der Waals surface area (Å²) in [5.74, 6) is -2.18. The number of rotatable bonds is 5. The third-order valence-corrected chi connectivity index (χ3v) is 4.59. The van der Waals surface area contributed by atoms with Gasteiger partial charge in [0.15, 0.2) is 0 Å². The van der Waals surface area contributed by atoms with E-state index < -0.39 is 22.3 Å². The van der Waals surface area contributed by atoms with Crippen LogP contribution >= 0.6 is 0 Å². The Hall–Kier alpha value is -3.29. The summed E-state index contributed by atoms with van der Waals surface area (Å²) < 4.78 is 13.5. The summed E-state index contributed by atoms with van der Waals surface area (Å²) in [7, 11) is 0. The molecule has 0 saturated carbocycles. The van der Waals surface area contributed by atoms with Crippen LogP contribution in [-0.2, 0) is 16.0 Å². The maximum Gasteiger partial charge on any atom is 0.306 e. The fourth-order valence-corrected chi connectivity index (χ4v) is 3.13. The maximum absolute atomic E-state index is 13.5. The normalized spacial score (nSPS) is 16.4. The number of para-hydroxylation sites is 1. The summed E-state index contributed by atoms with van der Waals surface area (Å²) in [6, 6.07) is 10.7.